The Hall–Kier alpha value is -1.85. The number of likely N-dealkylation sites (tertiary alicyclic amines) is 1. The summed E-state index contributed by atoms with van der Waals surface area (Å²) in [5.41, 5.74) is 0.893. The third-order valence-electron chi connectivity index (χ3n) is 3.32. The largest absolute Gasteiger partial charge is 0.350 e. The lowest BCUT2D eigenvalue weighted by molar-refractivity contribution is -0.134. The van der Waals surface area contributed by atoms with Crippen molar-refractivity contribution >= 4 is 11.8 Å². The molecule has 0 unspecified atom stereocenters. The zero-order chi connectivity index (χ0) is 13.0. The van der Waals surface area contributed by atoms with E-state index in [0.717, 1.165) is 18.5 Å². The predicted octanol–water partition coefficient (Wildman–Crippen LogP) is 0.284. The van der Waals surface area contributed by atoms with Crippen molar-refractivity contribution in [2.45, 2.75) is 26.3 Å². The number of rotatable bonds is 3. The fourth-order valence-corrected chi connectivity index (χ4v) is 2.17. The molecular formula is C12H18N4O2. The monoisotopic (exact) mass is 250 g/mol. The van der Waals surface area contributed by atoms with Crippen LogP contribution >= 0.6 is 0 Å². The lowest BCUT2D eigenvalue weighted by atomic mass is 9.96. The molecule has 1 aliphatic heterocycles. The van der Waals surface area contributed by atoms with Crippen molar-refractivity contribution < 1.29 is 9.59 Å². The molecule has 0 aromatic carbocycles. The number of aromatic nitrogens is 2. The van der Waals surface area contributed by atoms with E-state index < -0.39 is 0 Å². The Balaban J connectivity index is 1.75. The van der Waals surface area contributed by atoms with Gasteiger partial charge >= 0.3 is 0 Å². The summed E-state index contributed by atoms with van der Waals surface area (Å²) < 4.78 is 0. The van der Waals surface area contributed by atoms with Crippen LogP contribution in [0.3, 0.4) is 0 Å². The first-order chi connectivity index (χ1) is 8.66. The lowest BCUT2D eigenvalue weighted by Crippen LogP contribution is -2.42. The average Bonchev–Trinajstić information content (AvgIpc) is 2.89. The molecule has 1 aliphatic rings. The number of nitrogens with zero attached hydrogens (tertiary/aromatic N) is 2. The SMILES string of the molecule is CC(=O)N1CCC(C(=O)NCc2ccn[nH]2)CC1. The zero-order valence-corrected chi connectivity index (χ0v) is 10.5. The molecule has 6 heteroatoms. The Morgan fingerprint density at radius 2 is 2.22 bits per heavy atom. The van der Waals surface area contributed by atoms with Gasteiger partial charge in [-0.05, 0) is 18.9 Å². The van der Waals surface area contributed by atoms with Crippen molar-refractivity contribution in [3.05, 3.63) is 18.0 Å². The maximum absolute atomic E-state index is 11.9. The van der Waals surface area contributed by atoms with Crippen LogP contribution in [0, 0.1) is 5.92 Å². The van der Waals surface area contributed by atoms with Gasteiger partial charge in [-0.15, -0.1) is 0 Å². The second-order valence-electron chi connectivity index (χ2n) is 4.58. The second-order valence-corrected chi connectivity index (χ2v) is 4.58. The van der Waals surface area contributed by atoms with E-state index in [0.29, 0.717) is 19.6 Å². The van der Waals surface area contributed by atoms with Crippen molar-refractivity contribution in [3.63, 3.8) is 0 Å². The van der Waals surface area contributed by atoms with E-state index in [1.807, 2.05) is 6.07 Å². The number of H-pyrrole nitrogens is 1. The number of piperidine rings is 1. The number of nitrogens with one attached hydrogen (secondary N) is 2. The number of hydrogen-bond donors (Lipinski definition) is 2. The second kappa shape index (κ2) is 5.66. The van der Waals surface area contributed by atoms with Gasteiger partial charge in [0.1, 0.15) is 0 Å². The van der Waals surface area contributed by atoms with Crippen molar-refractivity contribution in [2.75, 3.05) is 13.1 Å². The van der Waals surface area contributed by atoms with Gasteiger partial charge in [0.2, 0.25) is 11.8 Å². The minimum absolute atomic E-state index is 0.0171. The van der Waals surface area contributed by atoms with E-state index in [2.05, 4.69) is 15.5 Å². The van der Waals surface area contributed by atoms with Crippen LogP contribution in [0.15, 0.2) is 12.3 Å². The maximum atomic E-state index is 11.9. The number of hydrogen-bond acceptors (Lipinski definition) is 3. The normalized spacial score (nSPS) is 16.6. The average molecular weight is 250 g/mol. The van der Waals surface area contributed by atoms with Gasteiger partial charge in [-0.1, -0.05) is 0 Å². The Kier molecular flexibility index (Phi) is 3.96. The molecule has 0 atom stereocenters. The fraction of sp³-hybridized carbons (Fsp3) is 0.583. The third kappa shape index (κ3) is 3.09. The number of aromatic amines is 1. The van der Waals surface area contributed by atoms with Crippen LogP contribution in [0.2, 0.25) is 0 Å². The third-order valence-corrected chi connectivity index (χ3v) is 3.32. The molecule has 98 valence electrons. The van der Waals surface area contributed by atoms with Gasteiger partial charge in [0.25, 0.3) is 0 Å². The van der Waals surface area contributed by atoms with Crippen LogP contribution in [-0.4, -0.2) is 40.0 Å². The summed E-state index contributed by atoms with van der Waals surface area (Å²) in [6.07, 6.45) is 3.15. The van der Waals surface area contributed by atoms with E-state index in [-0.39, 0.29) is 17.7 Å². The molecule has 6 nitrogen and oxygen atoms in total. The van der Waals surface area contributed by atoms with Crippen molar-refractivity contribution in [3.8, 4) is 0 Å². The van der Waals surface area contributed by atoms with Crippen LogP contribution in [0.4, 0.5) is 0 Å². The Bertz CT molecular complexity index is 408. The number of amides is 2. The summed E-state index contributed by atoms with van der Waals surface area (Å²) in [6, 6.07) is 1.83. The molecule has 2 heterocycles. The van der Waals surface area contributed by atoms with E-state index >= 15 is 0 Å². The van der Waals surface area contributed by atoms with Crippen molar-refractivity contribution in [1.29, 1.82) is 0 Å². The van der Waals surface area contributed by atoms with E-state index in [1.54, 1.807) is 18.0 Å². The number of carbonyl (C=O) groups excluding carboxylic acids is 2. The van der Waals surface area contributed by atoms with Gasteiger partial charge < -0.3 is 10.2 Å². The lowest BCUT2D eigenvalue weighted by Gasteiger charge is -2.30. The standard InChI is InChI=1S/C12H18N4O2/c1-9(17)16-6-3-10(4-7-16)12(18)13-8-11-2-5-14-15-11/h2,5,10H,3-4,6-8H2,1H3,(H,13,18)(H,14,15). The highest BCUT2D eigenvalue weighted by Crippen LogP contribution is 2.17. The topological polar surface area (TPSA) is 78.1 Å². The predicted molar refractivity (Wildman–Crippen MR) is 65.4 cm³/mol. The van der Waals surface area contributed by atoms with E-state index in [1.165, 1.54) is 0 Å². The minimum Gasteiger partial charge on any atom is -0.350 e. The Morgan fingerprint density at radius 1 is 1.50 bits per heavy atom. The highest BCUT2D eigenvalue weighted by Gasteiger charge is 2.25. The van der Waals surface area contributed by atoms with Gasteiger partial charge in [0, 0.05) is 32.1 Å². The summed E-state index contributed by atoms with van der Waals surface area (Å²) >= 11 is 0. The van der Waals surface area contributed by atoms with Crippen LogP contribution in [0.1, 0.15) is 25.5 Å². The van der Waals surface area contributed by atoms with E-state index in [9.17, 15) is 9.59 Å². The van der Waals surface area contributed by atoms with Gasteiger partial charge in [0.15, 0.2) is 0 Å². The molecule has 0 spiro atoms. The van der Waals surface area contributed by atoms with Gasteiger partial charge in [-0.25, -0.2) is 0 Å². The van der Waals surface area contributed by atoms with Crippen LogP contribution in [0.5, 0.6) is 0 Å². The van der Waals surface area contributed by atoms with Crippen LogP contribution in [0.25, 0.3) is 0 Å². The van der Waals surface area contributed by atoms with Crippen LogP contribution in [-0.2, 0) is 16.1 Å². The summed E-state index contributed by atoms with van der Waals surface area (Å²) in [5.74, 6) is 0.169. The molecule has 2 rings (SSSR count). The fourth-order valence-electron chi connectivity index (χ4n) is 2.17. The molecule has 2 N–H and O–H groups in total. The maximum Gasteiger partial charge on any atom is 0.223 e. The van der Waals surface area contributed by atoms with Gasteiger partial charge in [-0.2, -0.15) is 5.10 Å². The molecule has 1 saturated heterocycles. The molecule has 0 aliphatic carbocycles. The molecular weight excluding hydrogens is 232 g/mol. The molecule has 18 heavy (non-hydrogen) atoms. The number of carbonyl (C=O) groups is 2. The van der Waals surface area contributed by atoms with Crippen molar-refractivity contribution in [2.24, 2.45) is 5.92 Å². The zero-order valence-electron chi connectivity index (χ0n) is 10.5. The Labute approximate surface area is 106 Å². The molecule has 0 saturated carbocycles. The first kappa shape index (κ1) is 12.6. The highest BCUT2D eigenvalue weighted by atomic mass is 16.2. The summed E-state index contributed by atoms with van der Waals surface area (Å²) in [7, 11) is 0. The Morgan fingerprint density at radius 3 is 2.78 bits per heavy atom. The summed E-state index contributed by atoms with van der Waals surface area (Å²) in [6.45, 7) is 3.40. The smallest absolute Gasteiger partial charge is 0.223 e. The summed E-state index contributed by atoms with van der Waals surface area (Å²) in [4.78, 5) is 24.9. The quantitative estimate of drug-likeness (QED) is 0.809. The summed E-state index contributed by atoms with van der Waals surface area (Å²) in [5, 5.41) is 9.51. The van der Waals surface area contributed by atoms with E-state index in [4.69, 9.17) is 0 Å². The van der Waals surface area contributed by atoms with Crippen molar-refractivity contribution in [1.82, 2.24) is 20.4 Å². The molecule has 1 aromatic rings. The van der Waals surface area contributed by atoms with Crippen LogP contribution < -0.4 is 5.32 Å². The molecule has 1 aromatic heterocycles. The molecule has 0 bridgehead atoms. The molecule has 0 radical (unpaired) electrons. The van der Waals surface area contributed by atoms with Gasteiger partial charge in [0.05, 0.1) is 12.2 Å². The minimum atomic E-state index is 0.0171. The molecule has 1 fully saturated rings. The molecule has 2 amide bonds. The first-order valence-electron chi connectivity index (χ1n) is 6.18. The van der Waals surface area contributed by atoms with Gasteiger partial charge in [-0.3, -0.25) is 14.7 Å². The first-order valence-corrected chi connectivity index (χ1v) is 6.18. The highest BCUT2D eigenvalue weighted by molar-refractivity contribution is 5.79.